The maximum absolute atomic E-state index is 9.11. The molecule has 0 bridgehead atoms. The van der Waals surface area contributed by atoms with Crippen molar-refractivity contribution in [2.75, 3.05) is 0 Å². The third-order valence-corrected chi connectivity index (χ3v) is 3.46. The smallest absolute Gasteiger partial charge is 0.139 e. The normalized spacial score (nSPS) is 10.6. The van der Waals surface area contributed by atoms with Crippen LogP contribution in [0.2, 0.25) is 0 Å². The summed E-state index contributed by atoms with van der Waals surface area (Å²) in [7, 11) is 0. The lowest BCUT2D eigenvalue weighted by atomic mass is 10.2. The first-order valence-corrected chi connectivity index (χ1v) is 6.79. The molecule has 0 unspecified atom stereocenters. The van der Waals surface area contributed by atoms with E-state index in [2.05, 4.69) is 35.1 Å². The number of hydrogen-bond acceptors (Lipinski definition) is 4. The zero-order valence-corrected chi connectivity index (χ0v) is 11.4. The van der Waals surface area contributed by atoms with Gasteiger partial charge in [0, 0.05) is 10.6 Å². The Hall–Kier alpha value is -1.39. The second kappa shape index (κ2) is 5.98. The number of nitrogens with zero attached hydrogens (tertiary/aromatic N) is 2. The van der Waals surface area contributed by atoms with Gasteiger partial charge in [-0.2, -0.15) is 0 Å². The van der Waals surface area contributed by atoms with Crippen LogP contribution in [0.3, 0.4) is 0 Å². The molecule has 3 nitrogen and oxygen atoms in total. The molecule has 0 fully saturated rings. The van der Waals surface area contributed by atoms with Gasteiger partial charge in [-0.25, -0.2) is 9.97 Å². The van der Waals surface area contributed by atoms with Crippen molar-refractivity contribution in [1.29, 1.82) is 0 Å². The molecule has 94 valence electrons. The number of benzene rings is 1. The molecule has 0 aliphatic rings. The van der Waals surface area contributed by atoms with Gasteiger partial charge in [0.25, 0.3) is 0 Å². The van der Waals surface area contributed by atoms with Gasteiger partial charge in [-0.1, -0.05) is 17.7 Å². The van der Waals surface area contributed by atoms with Gasteiger partial charge >= 0.3 is 0 Å². The molecular formula is C14H16N2OS. The molecule has 1 N–H and O–H groups in total. The molecule has 18 heavy (non-hydrogen) atoms. The van der Waals surface area contributed by atoms with Crippen LogP contribution in [0.15, 0.2) is 35.2 Å². The Morgan fingerprint density at radius 3 is 2.72 bits per heavy atom. The number of rotatable bonds is 4. The zero-order valence-electron chi connectivity index (χ0n) is 10.6. The molecule has 0 aliphatic carbocycles. The Morgan fingerprint density at radius 2 is 2.00 bits per heavy atom. The van der Waals surface area contributed by atoms with Crippen molar-refractivity contribution in [1.82, 2.24) is 9.97 Å². The van der Waals surface area contributed by atoms with Crippen molar-refractivity contribution in [3.8, 4) is 0 Å². The van der Waals surface area contributed by atoms with E-state index in [9.17, 15) is 0 Å². The van der Waals surface area contributed by atoms with Crippen LogP contribution in [0.5, 0.6) is 0 Å². The molecule has 1 heterocycles. The third-order valence-electron chi connectivity index (χ3n) is 2.47. The Morgan fingerprint density at radius 1 is 1.17 bits per heavy atom. The average molecular weight is 260 g/mol. The van der Waals surface area contributed by atoms with Crippen molar-refractivity contribution in [3.05, 3.63) is 53.1 Å². The number of aliphatic hydroxyl groups is 1. The molecule has 4 heteroatoms. The highest BCUT2D eigenvalue weighted by Crippen LogP contribution is 2.22. The molecule has 2 aromatic rings. The van der Waals surface area contributed by atoms with Crippen LogP contribution in [0.25, 0.3) is 0 Å². The molecule has 1 aromatic heterocycles. The van der Waals surface area contributed by atoms with Crippen LogP contribution < -0.4 is 0 Å². The molecule has 0 radical (unpaired) electrons. The Labute approximate surface area is 111 Å². The fourth-order valence-electron chi connectivity index (χ4n) is 1.70. The summed E-state index contributed by atoms with van der Waals surface area (Å²) in [5, 5.41) is 9.11. The predicted molar refractivity (Wildman–Crippen MR) is 73.4 cm³/mol. The summed E-state index contributed by atoms with van der Waals surface area (Å²) in [5.41, 5.74) is 2.83. The lowest BCUT2D eigenvalue weighted by Gasteiger charge is -2.05. The Bertz CT molecular complexity index is 543. The van der Waals surface area contributed by atoms with Gasteiger partial charge in [-0.3, -0.25) is 0 Å². The van der Waals surface area contributed by atoms with E-state index in [1.165, 1.54) is 10.5 Å². The van der Waals surface area contributed by atoms with Crippen molar-refractivity contribution in [3.63, 3.8) is 0 Å². The van der Waals surface area contributed by atoms with Crippen LogP contribution in [0.1, 0.15) is 22.8 Å². The van der Waals surface area contributed by atoms with E-state index in [1.54, 1.807) is 17.8 Å². The quantitative estimate of drug-likeness (QED) is 0.859. The summed E-state index contributed by atoms with van der Waals surface area (Å²) >= 11 is 1.71. The lowest BCUT2D eigenvalue weighted by Crippen LogP contribution is -2.00. The highest BCUT2D eigenvalue weighted by atomic mass is 32.2. The molecule has 0 saturated carbocycles. The molecule has 0 amide bonds. The third kappa shape index (κ3) is 3.55. The van der Waals surface area contributed by atoms with Gasteiger partial charge in [-0.05, 0) is 32.0 Å². The number of hydrogen-bond donors (Lipinski definition) is 1. The van der Waals surface area contributed by atoms with E-state index in [-0.39, 0.29) is 6.61 Å². The minimum absolute atomic E-state index is 0.0362. The van der Waals surface area contributed by atoms with E-state index in [4.69, 9.17) is 5.11 Å². The molecule has 0 atom stereocenters. The van der Waals surface area contributed by atoms with Crippen LogP contribution in [-0.4, -0.2) is 15.1 Å². The van der Waals surface area contributed by atoms with Gasteiger partial charge in [0.15, 0.2) is 0 Å². The van der Waals surface area contributed by atoms with Gasteiger partial charge in [0.2, 0.25) is 0 Å². The maximum Gasteiger partial charge on any atom is 0.139 e. The first-order valence-electron chi connectivity index (χ1n) is 5.81. The summed E-state index contributed by atoms with van der Waals surface area (Å²) in [4.78, 5) is 9.90. The summed E-state index contributed by atoms with van der Waals surface area (Å²) < 4.78 is 0. The summed E-state index contributed by atoms with van der Waals surface area (Å²) in [6.07, 6.45) is 0. The number of aromatic nitrogens is 2. The minimum atomic E-state index is -0.0362. The standard InChI is InChI=1S/C14H16N2OS/c1-10-4-3-5-13(6-10)18-9-14-15-11(2)7-12(8-17)16-14/h3-7,17H,8-9H2,1-2H3. The highest BCUT2D eigenvalue weighted by molar-refractivity contribution is 7.98. The molecule has 2 rings (SSSR count). The Balaban J connectivity index is 2.08. The molecular weight excluding hydrogens is 244 g/mol. The van der Waals surface area contributed by atoms with Gasteiger partial charge in [0.1, 0.15) is 5.82 Å². The van der Waals surface area contributed by atoms with Crippen LogP contribution >= 0.6 is 11.8 Å². The van der Waals surface area contributed by atoms with Crippen molar-refractivity contribution < 1.29 is 5.11 Å². The van der Waals surface area contributed by atoms with Gasteiger partial charge < -0.3 is 5.11 Å². The van der Waals surface area contributed by atoms with E-state index in [0.29, 0.717) is 5.69 Å². The number of aliphatic hydroxyl groups excluding tert-OH is 1. The monoisotopic (exact) mass is 260 g/mol. The second-order valence-corrected chi connectivity index (χ2v) is 5.23. The van der Waals surface area contributed by atoms with Crippen molar-refractivity contribution >= 4 is 11.8 Å². The van der Waals surface area contributed by atoms with E-state index >= 15 is 0 Å². The van der Waals surface area contributed by atoms with Crippen LogP contribution in [-0.2, 0) is 12.4 Å². The molecule has 0 saturated heterocycles. The van der Waals surface area contributed by atoms with Crippen LogP contribution in [0, 0.1) is 13.8 Å². The second-order valence-electron chi connectivity index (χ2n) is 4.18. The zero-order chi connectivity index (χ0) is 13.0. The number of thioether (sulfide) groups is 1. The van der Waals surface area contributed by atoms with E-state index in [0.717, 1.165) is 17.3 Å². The van der Waals surface area contributed by atoms with Crippen molar-refractivity contribution in [2.45, 2.75) is 31.1 Å². The van der Waals surface area contributed by atoms with Crippen molar-refractivity contribution in [2.24, 2.45) is 0 Å². The number of aryl methyl sites for hydroxylation is 2. The average Bonchev–Trinajstić information content (AvgIpc) is 2.36. The topological polar surface area (TPSA) is 46.0 Å². The first kappa shape index (κ1) is 13.1. The first-order chi connectivity index (χ1) is 8.67. The fourth-order valence-corrected chi connectivity index (χ4v) is 2.57. The maximum atomic E-state index is 9.11. The Kier molecular flexibility index (Phi) is 4.33. The molecule has 0 spiro atoms. The predicted octanol–water partition coefficient (Wildman–Crippen LogP) is 2.88. The fraction of sp³-hybridized carbons (Fsp3) is 0.286. The summed E-state index contributed by atoms with van der Waals surface area (Å²) in [5.74, 6) is 1.49. The summed E-state index contributed by atoms with van der Waals surface area (Å²) in [6, 6.07) is 10.2. The highest BCUT2D eigenvalue weighted by Gasteiger charge is 2.03. The minimum Gasteiger partial charge on any atom is -0.390 e. The van der Waals surface area contributed by atoms with E-state index < -0.39 is 0 Å². The van der Waals surface area contributed by atoms with Gasteiger partial charge in [-0.15, -0.1) is 11.8 Å². The largest absolute Gasteiger partial charge is 0.390 e. The van der Waals surface area contributed by atoms with E-state index in [1.807, 2.05) is 13.0 Å². The van der Waals surface area contributed by atoms with Crippen LogP contribution in [0.4, 0.5) is 0 Å². The molecule has 0 aliphatic heterocycles. The molecule has 1 aromatic carbocycles. The SMILES string of the molecule is Cc1cccc(SCc2nc(C)cc(CO)n2)c1. The van der Waals surface area contributed by atoms with Gasteiger partial charge in [0.05, 0.1) is 18.1 Å². The summed E-state index contributed by atoms with van der Waals surface area (Å²) in [6.45, 7) is 3.96. The lowest BCUT2D eigenvalue weighted by molar-refractivity contribution is 0.276.